The van der Waals surface area contributed by atoms with Crippen molar-refractivity contribution in [2.24, 2.45) is 11.1 Å². The van der Waals surface area contributed by atoms with E-state index in [9.17, 15) is 13.2 Å². The zero-order chi connectivity index (χ0) is 17.9. The molecule has 7 heteroatoms. The molecule has 0 bridgehead atoms. The van der Waals surface area contributed by atoms with Gasteiger partial charge in [0.1, 0.15) is 16.4 Å². The molecule has 0 aromatic heterocycles. The second-order valence-electron chi connectivity index (χ2n) is 5.63. The Labute approximate surface area is 141 Å². The van der Waals surface area contributed by atoms with Crippen molar-refractivity contribution in [3.8, 4) is 5.75 Å². The summed E-state index contributed by atoms with van der Waals surface area (Å²) < 4.78 is 34.1. The lowest BCUT2D eigenvalue weighted by Gasteiger charge is -2.14. The molecule has 0 atom stereocenters. The van der Waals surface area contributed by atoms with Crippen molar-refractivity contribution in [1.29, 1.82) is 0 Å². The molecule has 24 heavy (non-hydrogen) atoms. The number of benzene rings is 1. The van der Waals surface area contributed by atoms with Crippen LogP contribution in [-0.4, -0.2) is 27.0 Å². The minimum Gasteiger partial charge on any atom is -0.497 e. The third kappa shape index (κ3) is 3.91. The maximum atomic E-state index is 12.2. The van der Waals surface area contributed by atoms with E-state index in [1.54, 1.807) is 13.0 Å². The van der Waals surface area contributed by atoms with E-state index >= 15 is 0 Å². The topological polar surface area (TPSA) is 82.0 Å². The van der Waals surface area contributed by atoms with E-state index in [-0.39, 0.29) is 16.6 Å². The largest absolute Gasteiger partial charge is 0.497 e. The van der Waals surface area contributed by atoms with E-state index in [4.69, 9.17) is 9.02 Å². The van der Waals surface area contributed by atoms with E-state index in [0.717, 1.165) is 0 Å². The highest BCUT2D eigenvalue weighted by atomic mass is 32.2. The summed E-state index contributed by atoms with van der Waals surface area (Å²) in [6, 6.07) is 5.78. The fourth-order valence-corrected chi connectivity index (χ4v) is 2.84. The van der Waals surface area contributed by atoms with Gasteiger partial charge in [-0.2, -0.15) is 8.42 Å². The number of carbonyl (C=O) groups is 1. The van der Waals surface area contributed by atoms with Gasteiger partial charge >= 0.3 is 10.1 Å². The molecule has 2 rings (SSSR count). The van der Waals surface area contributed by atoms with Crippen molar-refractivity contribution in [2.75, 3.05) is 7.11 Å². The van der Waals surface area contributed by atoms with Gasteiger partial charge in [-0.05, 0) is 54.8 Å². The normalized spacial score (nSPS) is 16.9. The van der Waals surface area contributed by atoms with Crippen LogP contribution in [0.25, 0.3) is 0 Å². The fraction of sp³-hybridized carbons (Fsp3) is 0.294. The molecule has 0 N–H and O–H groups in total. The third-order valence-corrected chi connectivity index (χ3v) is 4.65. The number of rotatable bonds is 5. The summed E-state index contributed by atoms with van der Waals surface area (Å²) in [5.74, 6) is 0.444. The van der Waals surface area contributed by atoms with Crippen molar-refractivity contribution in [1.82, 2.24) is 0 Å². The molecule has 0 fully saturated rings. The Bertz CT molecular complexity index is 830. The Morgan fingerprint density at radius 3 is 2.25 bits per heavy atom. The fourth-order valence-electron chi connectivity index (χ4n) is 2.11. The lowest BCUT2D eigenvalue weighted by atomic mass is 9.90. The minimum atomic E-state index is -4.04. The summed E-state index contributed by atoms with van der Waals surface area (Å²) in [6.07, 6.45) is 2.99. The van der Waals surface area contributed by atoms with Crippen LogP contribution >= 0.6 is 0 Å². The lowest BCUT2D eigenvalue weighted by molar-refractivity contribution is -0.111. The van der Waals surface area contributed by atoms with Gasteiger partial charge in [-0.25, -0.2) is 0 Å². The summed E-state index contributed by atoms with van der Waals surface area (Å²) in [4.78, 5) is 11.9. The smallest absolute Gasteiger partial charge is 0.358 e. The van der Waals surface area contributed by atoms with Crippen LogP contribution < -0.4 is 4.74 Å². The Morgan fingerprint density at radius 1 is 1.08 bits per heavy atom. The van der Waals surface area contributed by atoms with E-state index in [1.807, 2.05) is 13.8 Å². The SMILES string of the molecule is COc1ccc(S(=O)(=O)O/N=C2/C=C(C(C)C)C(=O)C=C2C)cc1. The third-order valence-electron chi connectivity index (χ3n) is 3.53. The number of hydrogen-bond donors (Lipinski definition) is 0. The first-order chi connectivity index (χ1) is 11.2. The molecule has 0 heterocycles. The molecule has 1 aromatic rings. The number of allylic oxidation sites excluding steroid dienone is 4. The number of ketones is 1. The van der Waals surface area contributed by atoms with Gasteiger partial charge in [0.15, 0.2) is 5.78 Å². The van der Waals surface area contributed by atoms with Crippen LogP contribution in [0.15, 0.2) is 57.6 Å². The molecular formula is C17H19NO5S. The second kappa shape index (κ2) is 7.00. The van der Waals surface area contributed by atoms with Crippen LogP contribution in [0.4, 0.5) is 0 Å². The highest BCUT2D eigenvalue weighted by molar-refractivity contribution is 7.86. The highest BCUT2D eigenvalue weighted by Gasteiger charge is 2.21. The first-order valence-electron chi connectivity index (χ1n) is 7.35. The molecule has 0 saturated heterocycles. The standard InChI is InChI=1S/C17H19NO5S/c1-11(2)15-10-16(12(3)9-17(15)19)18-23-24(20,21)14-7-5-13(22-4)6-8-14/h5-11H,1-4H3/b18-16-. The average molecular weight is 349 g/mol. The summed E-state index contributed by atoms with van der Waals surface area (Å²) in [5, 5.41) is 3.72. The lowest BCUT2D eigenvalue weighted by Crippen LogP contribution is -2.16. The van der Waals surface area contributed by atoms with Crippen LogP contribution in [0.3, 0.4) is 0 Å². The zero-order valence-corrected chi connectivity index (χ0v) is 14.8. The summed E-state index contributed by atoms with van der Waals surface area (Å²) in [7, 11) is -2.55. The number of carbonyl (C=O) groups excluding carboxylic acids is 1. The summed E-state index contributed by atoms with van der Waals surface area (Å²) in [5.41, 5.74) is 1.43. The quantitative estimate of drug-likeness (QED) is 0.603. The van der Waals surface area contributed by atoms with Crippen molar-refractivity contribution in [3.63, 3.8) is 0 Å². The Hall–Kier alpha value is -2.41. The van der Waals surface area contributed by atoms with Crippen LogP contribution in [0, 0.1) is 5.92 Å². The molecule has 1 aliphatic rings. The maximum Gasteiger partial charge on any atom is 0.358 e. The van der Waals surface area contributed by atoms with Gasteiger partial charge in [0, 0.05) is 5.57 Å². The van der Waals surface area contributed by atoms with Gasteiger partial charge in [0.05, 0.1) is 7.11 Å². The van der Waals surface area contributed by atoms with Crippen LogP contribution in [0.2, 0.25) is 0 Å². The van der Waals surface area contributed by atoms with Gasteiger partial charge in [-0.15, -0.1) is 0 Å². The van der Waals surface area contributed by atoms with Crippen molar-refractivity contribution in [3.05, 3.63) is 47.6 Å². The molecule has 0 amide bonds. The number of nitrogens with zero attached hydrogens (tertiary/aromatic N) is 1. The summed E-state index contributed by atoms with van der Waals surface area (Å²) in [6.45, 7) is 5.43. The van der Waals surface area contributed by atoms with Crippen molar-refractivity contribution < 1.29 is 22.2 Å². The molecule has 1 aromatic carbocycles. The number of methoxy groups -OCH3 is 1. The van der Waals surface area contributed by atoms with E-state index < -0.39 is 10.1 Å². The van der Waals surface area contributed by atoms with Crippen molar-refractivity contribution >= 4 is 21.6 Å². The van der Waals surface area contributed by atoms with Crippen LogP contribution in [0.5, 0.6) is 5.75 Å². The minimum absolute atomic E-state index is 0.00486. The molecule has 0 unspecified atom stereocenters. The molecular weight excluding hydrogens is 330 g/mol. The van der Waals surface area contributed by atoms with Gasteiger partial charge in [-0.3, -0.25) is 9.08 Å². The molecule has 1 aliphatic carbocycles. The molecule has 0 aliphatic heterocycles. The Balaban J connectivity index is 2.27. The van der Waals surface area contributed by atoms with Gasteiger partial charge in [0.25, 0.3) is 0 Å². The first-order valence-corrected chi connectivity index (χ1v) is 8.75. The Kier molecular flexibility index (Phi) is 5.23. The van der Waals surface area contributed by atoms with E-state index in [0.29, 0.717) is 22.6 Å². The molecule has 0 saturated carbocycles. The first kappa shape index (κ1) is 17.9. The Morgan fingerprint density at radius 2 is 1.71 bits per heavy atom. The molecule has 128 valence electrons. The van der Waals surface area contributed by atoms with E-state index in [1.165, 1.54) is 37.5 Å². The predicted molar refractivity (Wildman–Crippen MR) is 90.4 cm³/mol. The number of hydrogen-bond acceptors (Lipinski definition) is 6. The monoisotopic (exact) mass is 349 g/mol. The second-order valence-corrected chi connectivity index (χ2v) is 7.16. The van der Waals surface area contributed by atoms with Gasteiger partial charge in [0.2, 0.25) is 0 Å². The number of oxime groups is 1. The van der Waals surface area contributed by atoms with Crippen molar-refractivity contribution in [2.45, 2.75) is 25.7 Å². The van der Waals surface area contributed by atoms with Crippen LogP contribution in [-0.2, 0) is 19.2 Å². The predicted octanol–water partition coefficient (Wildman–Crippen LogP) is 2.87. The van der Waals surface area contributed by atoms with Gasteiger partial charge in [-0.1, -0.05) is 19.0 Å². The van der Waals surface area contributed by atoms with Gasteiger partial charge < -0.3 is 4.74 Å². The van der Waals surface area contributed by atoms with E-state index in [2.05, 4.69) is 5.16 Å². The summed E-state index contributed by atoms with van der Waals surface area (Å²) >= 11 is 0. The molecule has 0 spiro atoms. The average Bonchev–Trinajstić information content (AvgIpc) is 2.53. The van der Waals surface area contributed by atoms with Crippen LogP contribution in [0.1, 0.15) is 20.8 Å². The maximum absolute atomic E-state index is 12.2. The molecule has 0 radical (unpaired) electrons. The highest BCUT2D eigenvalue weighted by Crippen LogP contribution is 2.21. The number of ether oxygens (including phenoxy) is 1. The molecule has 6 nitrogen and oxygen atoms in total. The zero-order valence-electron chi connectivity index (χ0n) is 13.9.